The number of para-hydroxylation sites is 1. The van der Waals surface area contributed by atoms with Crippen LogP contribution >= 0.6 is 0 Å². The molecule has 7 nitrogen and oxygen atoms in total. The number of hydrogen-bond donors (Lipinski definition) is 3. The predicted molar refractivity (Wildman–Crippen MR) is 106 cm³/mol. The lowest BCUT2D eigenvalue weighted by atomic mass is 10.1. The quantitative estimate of drug-likeness (QED) is 0.548. The highest BCUT2D eigenvalue weighted by Gasteiger charge is 2.39. The van der Waals surface area contributed by atoms with Gasteiger partial charge in [0.25, 0.3) is 5.91 Å². The number of amides is 4. The molecule has 1 aliphatic carbocycles. The number of nitrogens with zero attached hydrogens (tertiary/aromatic N) is 1. The van der Waals surface area contributed by atoms with Crippen molar-refractivity contribution in [2.24, 2.45) is 0 Å². The van der Waals surface area contributed by atoms with Crippen LogP contribution in [0.1, 0.15) is 44.1 Å². The summed E-state index contributed by atoms with van der Waals surface area (Å²) >= 11 is 0. The molecule has 1 aliphatic heterocycles. The van der Waals surface area contributed by atoms with E-state index in [1.165, 1.54) is 12.8 Å². The van der Waals surface area contributed by atoms with Crippen LogP contribution < -0.4 is 10.6 Å². The van der Waals surface area contributed by atoms with E-state index in [1.807, 2.05) is 30.5 Å². The fourth-order valence-electron chi connectivity index (χ4n) is 4.23. The van der Waals surface area contributed by atoms with Gasteiger partial charge in [-0.2, -0.15) is 0 Å². The Labute approximate surface area is 163 Å². The zero-order chi connectivity index (χ0) is 19.5. The van der Waals surface area contributed by atoms with Crippen LogP contribution in [0.3, 0.4) is 0 Å². The average Bonchev–Trinajstić information content (AvgIpc) is 3.07. The molecule has 4 amide bonds. The monoisotopic (exact) mass is 382 g/mol. The largest absolute Gasteiger partial charge is 0.361 e. The van der Waals surface area contributed by atoms with Crippen molar-refractivity contribution in [3.05, 3.63) is 36.0 Å². The van der Waals surface area contributed by atoms with Crippen molar-refractivity contribution >= 4 is 28.7 Å². The SMILES string of the molecule is O=C(CN1C(=O)N[C@H](Cc2c[nH]c3ccccc23)C1=O)NC1CCCCCC1. The first-order valence-electron chi connectivity index (χ1n) is 10.1. The number of aromatic nitrogens is 1. The number of urea groups is 1. The second kappa shape index (κ2) is 8.04. The van der Waals surface area contributed by atoms with Gasteiger partial charge in [0.2, 0.25) is 5.91 Å². The van der Waals surface area contributed by atoms with Crippen LogP contribution in [0, 0.1) is 0 Å². The number of carbonyl (C=O) groups excluding carboxylic acids is 3. The molecule has 1 atom stereocenters. The minimum absolute atomic E-state index is 0.151. The number of fused-ring (bicyclic) bond motifs is 1. The summed E-state index contributed by atoms with van der Waals surface area (Å²) in [5, 5.41) is 6.75. The van der Waals surface area contributed by atoms with Crippen LogP contribution in [-0.2, 0) is 16.0 Å². The van der Waals surface area contributed by atoms with E-state index in [2.05, 4.69) is 15.6 Å². The van der Waals surface area contributed by atoms with Crippen molar-refractivity contribution in [2.45, 2.75) is 57.0 Å². The molecule has 2 heterocycles. The molecule has 2 aromatic rings. The zero-order valence-electron chi connectivity index (χ0n) is 15.9. The van der Waals surface area contributed by atoms with Crippen molar-refractivity contribution in [1.82, 2.24) is 20.5 Å². The number of carbonyl (C=O) groups is 3. The summed E-state index contributed by atoms with van der Waals surface area (Å²) < 4.78 is 0. The molecule has 2 fully saturated rings. The molecule has 1 saturated carbocycles. The van der Waals surface area contributed by atoms with Crippen molar-refractivity contribution < 1.29 is 14.4 Å². The number of rotatable bonds is 5. The van der Waals surface area contributed by atoms with E-state index >= 15 is 0 Å². The smallest absolute Gasteiger partial charge is 0.325 e. The van der Waals surface area contributed by atoms with Gasteiger partial charge in [0, 0.05) is 29.6 Å². The third-order valence-electron chi connectivity index (χ3n) is 5.73. The van der Waals surface area contributed by atoms with Gasteiger partial charge >= 0.3 is 6.03 Å². The van der Waals surface area contributed by atoms with Gasteiger partial charge in [0.1, 0.15) is 12.6 Å². The maximum absolute atomic E-state index is 12.7. The summed E-state index contributed by atoms with van der Waals surface area (Å²) in [4.78, 5) is 41.6. The van der Waals surface area contributed by atoms with Crippen molar-refractivity contribution in [3.63, 3.8) is 0 Å². The Morgan fingerprint density at radius 2 is 1.86 bits per heavy atom. The standard InChI is InChI=1S/C21H26N4O3/c26-19(23-15-7-3-1-2-4-8-15)13-25-20(27)18(24-21(25)28)11-14-12-22-17-10-6-5-9-16(14)17/h5-6,9-10,12,15,18,22H,1-4,7-8,11,13H2,(H,23,26)(H,24,28)/t18-/m1/s1. The van der Waals surface area contributed by atoms with Crippen LogP contribution in [0.2, 0.25) is 0 Å². The predicted octanol–water partition coefficient (Wildman–Crippen LogP) is 2.47. The topological polar surface area (TPSA) is 94.3 Å². The van der Waals surface area contributed by atoms with E-state index in [0.717, 1.165) is 47.0 Å². The number of hydrogen-bond acceptors (Lipinski definition) is 3. The van der Waals surface area contributed by atoms with E-state index in [1.54, 1.807) is 0 Å². The summed E-state index contributed by atoms with van der Waals surface area (Å²) in [5.41, 5.74) is 1.97. The van der Waals surface area contributed by atoms with Gasteiger partial charge < -0.3 is 15.6 Å². The maximum atomic E-state index is 12.7. The van der Waals surface area contributed by atoms with E-state index in [-0.39, 0.29) is 24.4 Å². The van der Waals surface area contributed by atoms with Crippen LogP contribution in [0.4, 0.5) is 4.79 Å². The summed E-state index contributed by atoms with van der Waals surface area (Å²) in [6.45, 7) is -0.217. The Morgan fingerprint density at radius 3 is 2.64 bits per heavy atom. The lowest BCUT2D eigenvalue weighted by Crippen LogP contribution is -2.44. The van der Waals surface area contributed by atoms with E-state index in [4.69, 9.17) is 0 Å². The van der Waals surface area contributed by atoms with Crippen LogP contribution in [0.15, 0.2) is 30.5 Å². The number of nitrogens with one attached hydrogen (secondary N) is 3. The van der Waals surface area contributed by atoms with Gasteiger partial charge in [-0.25, -0.2) is 4.79 Å². The second-order valence-electron chi connectivity index (χ2n) is 7.75. The molecule has 1 aromatic carbocycles. The molecule has 0 spiro atoms. The highest BCUT2D eigenvalue weighted by Crippen LogP contribution is 2.21. The van der Waals surface area contributed by atoms with Crippen LogP contribution in [0.5, 0.6) is 0 Å². The lowest BCUT2D eigenvalue weighted by molar-refractivity contribution is -0.132. The first kappa shape index (κ1) is 18.5. The Kier molecular flexibility index (Phi) is 5.32. The molecule has 7 heteroatoms. The fourth-order valence-corrected chi connectivity index (χ4v) is 4.23. The van der Waals surface area contributed by atoms with E-state index < -0.39 is 12.1 Å². The molecule has 2 aliphatic rings. The van der Waals surface area contributed by atoms with Crippen molar-refractivity contribution in [3.8, 4) is 0 Å². The van der Waals surface area contributed by atoms with Gasteiger partial charge in [0.05, 0.1) is 0 Å². The highest BCUT2D eigenvalue weighted by atomic mass is 16.2. The molecule has 3 N–H and O–H groups in total. The average molecular weight is 382 g/mol. The third kappa shape index (κ3) is 3.88. The molecule has 28 heavy (non-hydrogen) atoms. The Bertz CT molecular complexity index is 883. The number of imide groups is 1. The summed E-state index contributed by atoms with van der Waals surface area (Å²) in [5.74, 6) is -0.602. The second-order valence-corrected chi connectivity index (χ2v) is 7.75. The van der Waals surface area contributed by atoms with E-state index in [9.17, 15) is 14.4 Å². The van der Waals surface area contributed by atoms with Gasteiger partial charge in [-0.15, -0.1) is 0 Å². The molecule has 1 aromatic heterocycles. The van der Waals surface area contributed by atoms with Gasteiger partial charge in [0.15, 0.2) is 0 Å². The lowest BCUT2D eigenvalue weighted by Gasteiger charge is -2.18. The third-order valence-corrected chi connectivity index (χ3v) is 5.73. The van der Waals surface area contributed by atoms with Crippen molar-refractivity contribution in [2.75, 3.05) is 6.54 Å². The van der Waals surface area contributed by atoms with Gasteiger partial charge in [-0.05, 0) is 24.5 Å². The first-order valence-corrected chi connectivity index (χ1v) is 10.1. The highest BCUT2D eigenvalue weighted by molar-refractivity contribution is 6.06. The fraction of sp³-hybridized carbons (Fsp3) is 0.476. The summed E-state index contributed by atoms with van der Waals surface area (Å²) in [7, 11) is 0. The number of H-pyrrole nitrogens is 1. The number of aromatic amines is 1. The zero-order valence-corrected chi connectivity index (χ0v) is 15.9. The number of benzene rings is 1. The summed E-state index contributed by atoms with van der Waals surface area (Å²) in [6.07, 6.45) is 8.83. The first-order chi connectivity index (χ1) is 13.6. The molecule has 0 unspecified atom stereocenters. The van der Waals surface area contributed by atoms with E-state index in [0.29, 0.717) is 6.42 Å². The molecular formula is C21H26N4O3. The summed E-state index contributed by atoms with van der Waals surface area (Å²) in [6, 6.07) is 6.86. The maximum Gasteiger partial charge on any atom is 0.325 e. The molecule has 4 rings (SSSR count). The minimum atomic E-state index is -0.641. The van der Waals surface area contributed by atoms with Crippen LogP contribution in [0.25, 0.3) is 10.9 Å². The van der Waals surface area contributed by atoms with Crippen molar-refractivity contribution in [1.29, 1.82) is 0 Å². The normalized spacial score (nSPS) is 21.0. The minimum Gasteiger partial charge on any atom is -0.361 e. The Balaban J connectivity index is 1.37. The van der Waals surface area contributed by atoms with Gasteiger partial charge in [-0.1, -0.05) is 43.9 Å². The molecule has 148 valence electrons. The Morgan fingerprint density at radius 1 is 1.11 bits per heavy atom. The molecular weight excluding hydrogens is 356 g/mol. The molecule has 1 saturated heterocycles. The molecule has 0 bridgehead atoms. The molecule has 0 radical (unpaired) electrons. The van der Waals surface area contributed by atoms with Crippen LogP contribution in [-0.4, -0.2) is 46.4 Å². The Hall–Kier alpha value is -2.83. The van der Waals surface area contributed by atoms with Gasteiger partial charge in [-0.3, -0.25) is 14.5 Å².